The van der Waals surface area contributed by atoms with Gasteiger partial charge in [-0.05, 0) is 24.1 Å². The zero-order valence-electron chi connectivity index (χ0n) is 9.76. The summed E-state index contributed by atoms with van der Waals surface area (Å²) in [5.41, 5.74) is 0.755. The quantitative estimate of drug-likeness (QED) is 0.823. The molecule has 0 aliphatic heterocycles. The molecule has 1 aromatic rings. The van der Waals surface area contributed by atoms with E-state index in [1.807, 2.05) is 0 Å². The van der Waals surface area contributed by atoms with Crippen molar-refractivity contribution in [3.8, 4) is 0 Å². The van der Waals surface area contributed by atoms with E-state index in [-0.39, 0.29) is 13.0 Å². The van der Waals surface area contributed by atoms with E-state index < -0.39 is 21.9 Å². The van der Waals surface area contributed by atoms with Gasteiger partial charge in [0.05, 0.1) is 12.2 Å². The van der Waals surface area contributed by atoms with Crippen LogP contribution < -0.4 is 4.72 Å². The zero-order chi connectivity index (χ0) is 13.8. The molecule has 7 heteroatoms. The third-order valence-corrected chi connectivity index (χ3v) is 3.24. The van der Waals surface area contributed by atoms with Crippen molar-refractivity contribution in [2.75, 3.05) is 12.8 Å². The molecule has 0 aliphatic rings. The molecule has 1 unspecified atom stereocenters. The van der Waals surface area contributed by atoms with Crippen molar-refractivity contribution in [2.24, 2.45) is 5.92 Å². The highest BCUT2D eigenvalue weighted by Gasteiger charge is 2.19. The van der Waals surface area contributed by atoms with Gasteiger partial charge in [-0.15, -0.1) is 0 Å². The van der Waals surface area contributed by atoms with E-state index in [4.69, 9.17) is 16.7 Å². The fourth-order valence-corrected chi connectivity index (χ4v) is 2.16. The molecule has 0 radical (unpaired) electrons. The number of benzene rings is 1. The van der Waals surface area contributed by atoms with Crippen molar-refractivity contribution < 1.29 is 18.3 Å². The second-order valence-corrected chi connectivity index (χ2v) is 6.26. The molecule has 0 aliphatic carbocycles. The molecule has 0 bridgehead atoms. The van der Waals surface area contributed by atoms with E-state index in [1.54, 1.807) is 24.3 Å². The van der Waals surface area contributed by atoms with Gasteiger partial charge in [0.2, 0.25) is 10.0 Å². The predicted molar refractivity (Wildman–Crippen MR) is 69.1 cm³/mol. The summed E-state index contributed by atoms with van der Waals surface area (Å²) in [6.07, 6.45) is 1.21. The van der Waals surface area contributed by atoms with Crippen LogP contribution in [0.2, 0.25) is 5.02 Å². The van der Waals surface area contributed by atoms with Crippen molar-refractivity contribution in [1.82, 2.24) is 4.72 Å². The minimum Gasteiger partial charge on any atom is -0.481 e. The molecular formula is C11H14ClNO4S. The van der Waals surface area contributed by atoms with Crippen molar-refractivity contribution >= 4 is 27.6 Å². The van der Waals surface area contributed by atoms with E-state index in [0.29, 0.717) is 5.02 Å². The first kappa shape index (κ1) is 14.9. The Kier molecular flexibility index (Phi) is 5.13. The Hall–Kier alpha value is -1.11. The SMILES string of the molecule is CS(=O)(=O)NCC(Cc1cccc(Cl)c1)C(=O)O. The van der Waals surface area contributed by atoms with E-state index in [1.165, 1.54) is 0 Å². The number of carboxylic acid groups (broad SMARTS) is 1. The van der Waals surface area contributed by atoms with Gasteiger partial charge >= 0.3 is 5.97 Å². The zero-order valence-corrected chi connectivity index (χ0v) is 11.3. The molecule has 100 valence electrons. The Labute approximate surface area is 111 Å². The van der Waals surface area contributed by atoms with Gasteiger partial charge in [0.1, 0.15) is 0 Å². The van der Waals surface area contributed by atoms with Crippen molar-refractivity contribution in [2.45, 2.75) is 6.42 Å². The van der Waals surface area contributed by atoms with Crippen LogP contribution in [0.4, 0.5) is 0 Å². The molecule has 1 aromatic carbocycles. The molecule has 0 heterocycles. The molecule has 0 saturated heterocycles. The largest absolute Gasteiger partial charge is 0.481 e. The minimum atomic E-state index is -3.39. The standard InChI is InChI=1S/C11H14ClNO4S/c1-18(16,17)13-7-9(11(14)15)5-8-3-2-4-10(12)6-8/h2-4,6,9,13H,5,7H2,1H3,(H,14,15). The highest BCUT2D eigenvalue weighted by atomic mass is 35.5. The second kappa shape index (κ2) is 6.17. The van der Waals surface area contributed by atoms with Crippen molar-refractivity contribution in [3.05, 3.63) is 34.9 Å². The van der Waals surface area contributed by atoms with Crippen LogP contribution in [0.5, 0.6) is 0 Å². The molecule has 2 N–H and O–H groups in total. The topological polar surface area (TPSA) is 83.5 Å². The van der Waals surface area contributed by atoms with E-state index in [0.717, 1.165) is 11.8 Å². The lowest BCUT2D eigenvalue weighted by atomic mass is 10.00. The summed E-state index contributed by atoms with van der Waals surface area (Å²) in [7, 11) is -3.39. The lowest BCUT2D eigenvalue weighted by Gasteiger charge is -2.12. The summed E-state index contributed by atoms with van der Waals surface area (Å²) in [6.45, 7) is -0.138. The minimum absolute atomic E-state index is 0.138. The number of rotatable bonds is 6. The molecule has 0 amide bonds. The van der Waals surface area contributed by atoms with Gasteiger partial charge in [0, 0.05) is 11.6 Å². The van der Waals surface area contributed by atoms with Gasteiger partial charge in [-0.1, -0.05) is 23.7 Å². The van der Waals surface area contributed by atoms with Crippen LogP contribution in [0.3, 0.4) is 0 Å². The lowest BCUT2D eigenvalue weighted by molar-refractivity contribution is -0.141. The number of hydrogen-bond acceptors (Lipinski definition) is 3. The summed E-state index contributed by atoms with van der Waals surface area (Å²) in [6, 6.07) is 6.83. The molecule has 0 saturated carbocycles. The number of halogens is 1. The summed E-state index contributed by atoms with van der Waals surface area (Å²) in [4.78, 5) is 11.0. The highest BCUT2D eigenvalue weighted by Crippen LogP contribution is 2.14. The Balaban J connectivity index is 2.72. The number of carbonyl (C=O) groups is 1. The average Bonchev–Trinajstić information content (AvgIpc) is 2.22. The second-order valence-electron chi connectivity index (χ2n) is 3.99. The number of nitrogens with one attached hydrogen (secondary N) is 1. The average molecular weight is 292 g/mol. The molecule has 0 aromatic heterocycles. The smallest absolute Gasteiger partial charge is 0.308 e. The molecule has 1 atom stereocenters. The van der Waals surface area contributed by atoms with Crippen LogP contribution in [0.1, 0.15) is 5.56 Å². The summed E-state index contributed by atoms with van der Waals surface area (Å²) >= 11 is 5.80. The third-order valence-electron chi connectivity index (χ3n) is 2.31. The lowest BCUT2D eigenvalue weighted by Crippen LogP contribution is -2.33. The number of carboxylic acids is 1. The Morgan fingerprint density at radius 2 is 2.17 bits per heavy atom. The molecule has 0 fully saturated rings. The summed E-state index contributed by atoms with van der Waals surface area (Å²) in [5.74, 6) is -1.87. The van der Waals surface area contributed by atoms with Crippen LogP contribution in [0, 0.1) is 5.92 Å². The maximum absolute atomic E-state index is 11.0. The first-order chi connectivity index (χ1) is 8.28. The third kappa shape index (κ3) is 5.48. The van der Waals surface area contributed by atoms with Gasteiger partial charge < -0.3 is 5.11 Å². The van der Waals surface area contributed by atoms with Crippen molar-refractivity contribution in [1.29, 1.82) is 0 Å². The van der Waals surface area contributed by atoms with Crippen LogP contribution in [0.15, 0.2) is 24.3 Å². The van der Waals surface area contributed by atoms with Crippen LogP contribution >= 0.6 is 11.6 Å². The maximum Gasteiger partial charge on any atom is 0.308 e. The van der Waals surface area contributed by atoms with E-state index >= 15 is 0 Å². The monoisotopic (exact) mass is 291 g/mol. The van der Waals surface area contributed by atoms with Gasteiger partial charge in [0.15, 0.2) is 0 Å². The predicted octanol–water partition coefficient (Wildman–Crippen LogP) is 1.13. The maximum atomic E-state index is 11.0. The number of aliphatic carboxylic acids is 1. The summed E-state index contributed by atoms with van der Waals surface area (Å²) in [5, 5.41) is 9.55. The fourth-order valence-electron chi connectivity index (χ4n) is 1.45. The van der Waals surface area contributed by atoms with Crippen LogP contribution in [-0.2, 0) is 21.2 Å². The number of hydrogen-bond donors (Lipinski definition) is 2. The van der Waals surface area contributed by atoms with Gasteiger partial charge in [-0.25, -0.2) is 13.1 Å². The number of sulfonamides is 1. The molecular weight excluding hydrogens is 278 g/mol. The normalized spacial score (nSPS) is 13.2. The molecule has 5 nitrogen and oxygen atoms in total. The van der Waals surface area contributed by atoms with Crippen LogP contribution in [0.25, 0.3) is 0 Å². The highest BCUT2D eigenvalue weighted by molar-refractivity contribution is 7.88. The van der Waals surface area contributed by atoms with Gasteiger partial charge in [0.25, 0.3) is 0 Å². The van der Waals surface area contributed by atoms with E-state index in [9.17, 15) is 13.2 Å². The first-order valence-corrected chi connectivity index (χ1v) is 7.47. The Bertz CT molecular complexity index is 530. The van der Waals surface area contributed by atoms with E-state index in [2.05, 4.69) is 4.72 Å². The summed E-state index contributed by atoms with van der Waals surface area (Å²) < 4.78 is 24.1. The van der Waals surface area contributed by atoms with Crippen molar-refractivity contribution in [3.63, 3.8) is 0 Å². The molecule has 1 rings (SSSR count). The van der Waals surface area contributed by atoms with Gasteiger partial charge in [-0.3, -0.25) is 4.79 Å². The fraction of sp³-hybridized carbons (Fsp3) is 0.364. The van der Waals surface area contributed by atoms with Gasteiger partial charge in [-0.2, -0.15) is 0 Å². The molecule has 18 heavy (non-hydrogen) atoms. The molecule has 0 spiro atoms. The Morgan fingerprint density at radius 1 is 1.50 bits per heavy atom. The van der Waals surface area contributed by atoms with Crippen LogP contribution in [-0.4, -0.2) is 32.3 Å². The first-order valence-electron chi connectivity index (χ1n) is 5.20. The Morgan fingerprint density at radius 3 is 2.67 bits per heavy atom.